The molecule has 0 radical (unpaired) electrons. The Hall–Kier alpha value is -1.02. The minimum atomic E-state index is 0.400. The smallest absolute Gasteiger partial charge is 0.120 e. The Morgan fingerprint density at radius 3 is 2.88 bits per heavy atom. The summed E-state index contributed by atoms with van der Waals surface area (Å²) >= 11 is 0. The molecular weight excluding hydrogens is 198 g/mol. The van der Waals surface area contributed by atoms with Crippen LogP contribution in [0, 0.1) is 18.8 Å². The van der Waals surface area contributed by atoms with E-state index < -0.39 is 0 Å². The Kier molecular flexibility index (Phi) is 3.49. The maximum Gasteiger partial charge on any atom is 0.120 e. The predicted octanol–water partition coefficient (Wildman–Crippen LogP) is 2.84. The van der Waals surface area contributed by atoms with Gasteiger partial charge in [0.2, 0.25) is 0 Å². The van der Waals surface area contributed by atoms with Crippen LogP contribution < -0.4 is 5.32 Å². The quantitative estimate of drug-likeness (QED) is 0.798. The molecule has 2 rings (SSSR count). The number of rotatable bonds is 5. The summed E-state index contributed by atoms with van der Waals surface area (Å²) in [6, 6.07) is 5.76. The van der Waals surface area contributed by atoms with Crippen LogP contribution in [0.15, 0.2) is 18.2 Å². The van der Waals surface area contributed by atoms with Gasteiger partial charge in [0.05, 0.1) is 0 Å². The fourth-order valence-corrected chi connectivity index (χ4v) is 2.12. The lowest BCUT2D eigenvalue weighted by Gasteiger charge is -2.12. The maximum absolute atomic E-state index is 9.68. The van der Waals surface area contributed by atoms with E-state index in [0.29, 0.717) is 5.75 Å². The minimum Gasteiger partial charge on any atom is -0.508 e. The second-order valence-electron chi connectivity index (χ2n) is 5.08. The fourth-order valence-electron chi connectivity index (χ4n) is 2.12. The average Bonchev–Trinajstić information content (AvgIpc) is 3.06. The second kappa shape index (κ2) is 4.88. The summed E-state index contributed by atoms with van der Waals surface area (Å²) in [7, 11) is 0. The summed E-state index contributed by atoms with van der Waals surface area (Å²) in [5.74, 6) is 2.11. The largest absolute Gasteiger partial charge is 0.508 e. The first kappa shape index (κ1) is 11.5. The third kappa shape index (κ3) is 2.99. The standard InChI is InChI=1S/C14H21NO/c1-10-3-6-14(16)13(7-10)9-15-8-11(2)12-4-5-12/h3,6-7,11-12,15-16H,4-5,8-9H2,1-2H3. The molecular formula is C14H21NO. The van der Waals surface area contributed by atoms with Gasteiger partial charge in [-0.2, -0.15) is 0 Å². The highest BCUT2D eigenvalue weighted by molar-refractivity contribution is 5.35. The normalized spacial score (nSPS) is 17.4. The van der Waals surface area contributed by atoms with Gasteiger partial charge < -0.3 is 10.4 Å². The van der Waals surface area contributed by atoms with Crippen molar-refractivity contribution in [2.24, 2.45) is 11.8 Å². The number of phenols is 1. The van der Waals surface area contributed by atoms with E-state index in [4.69, 9.17) is 0 Å². The summed E-state index contributed by atoms with van der Waals surface area (Å²) in [5.41, 5.74) is 2.20. The molecule has 1 unspecified atom stereocenters. The number of nitrogens with one attached hydrogen (secondary N) is 1. The molecule has 1 saturated carbocycles. The third-order valence-electron chi connectivity index (χ3n) is 3.44. The number of phenolic OH excluding ortho intramolecular Hbond substituents is 1. The molecule has 1 aromatic rings. The average molecular weight is 219 g/mol. The first-order valence-electron chi connectivity index (χ1n) is 6.16. The van der Waals surface area contributed by atoms with Crippen LogP contribution in [0.3, 0.4) is 0 Å². The number of aryl methyl sites for hydroxylation is 1. The van der Waals surface area contributed by atoms with Gasteiger partial charge in [-0.15, -0.1) is 0 Å². The van der Waals surface area contributed by atoms with E-state index in [2.05, 4.69) is 19.2 Å². The van der Waals surface area contributed by atoms with Gasteiger partial charge in [0.25, 0.3) is 0 Å². The van der Waals surface area contributed by atoms with Crippen molar-refractivity contribution in [3.05, 3.63) is 29.3 Å². The van der Waals surface area contributed by atoms with Gasteiger partial charge in [-0.3, -0.25) is 0 Å². The van der Waals surface area contributed by atoms with Gasteiger partial charge in [-0.25, -0.2) is 0 Å². The summed E-state index contributed by atoms with van der Waals surface area (Å²) in [6.45, 7) is 6.18. The zero-order valence-corrected chi connectivity index (χ0v) is 10.2. The van der Waals surface area contributed by atoms with Crippen molar-refractivity contribution in [2.45, 2.75) is 33.2 Å². The molecule has 0 heterocycles. The van der Waals surface area contributed by atoms with Crippen LogP contribution >= 0.6 is 0 Å². The van der Waals surface area contributed by atoms with E-state index in [0.717, 1.165) is 30.5 Å². The van der Waals surface area contributed by atoms with E-state index in [1.165, 1.54) is 18.4 Å². The third-order valence-corrected chi connectivity index (χ3v) is 3.44. The molecule has 1 aliphatic carbocycles. The van der Waals surface area contributed by atoms with Gasteiger partial charge in [0.1, 0.15) is 5.75 Å². The van der Waals surface area contributed by atoms with Crippen LogP contribution in [0.2, 0.25) is 0 Å². The van der Waals surface area contributed by atoms with Crippen molar-refractivity contribution >= 4 is 0 Å². The molecule has 2 N–H and O–H groups in total. The van der Waals surface area contributed by atoms with Crippen molar-refractivity contribution in [2.75, 3.05) is 6.54 Å². The van der Waals surface area contributed by atoms with Crippen molar-refractivity contribution in [3.63, 3.8) is 0 Å². The van der Waals surface area contributed by atoms with Gasteiger partial charge >= 0.3 is 0 Å². The molecule has 1 atom stereocenters. The maximum atomic E-state index is 9.68. The number of hydrogen-bond acceptors (Lipinski definition) is 2. The fraction of sp³-hybridized carbons (Fsp3) is 0.571. The molecule has 0 saturated heterocycles. The molecule has 2 heteroatoms. The highest BCUT2D eigenvalue weighted by Gasteiger charge is 2.27. The number of hydrogen-bond donors (Lipinski definition) is 2. The zero-order chi connectivity index (χ0) is 11.5. The monoisotopic (exact) mass is 219 g/mol. The van der Waals surface area contributed by atoms with Crippen LogP contribution in [0.25, 0.3) is 0 Å². The van der Waals surface area contributed by atoms with Gasteiger partial charge in [-0.1, -0.05) is 24.6 Å². The molecule has 2 nitrogen and oxygen atoms in total. The van der Waals surface area contributed by atoms with E-state index >= 15 is 0 Å². The molecule has 88 valence electrons. The van der Waals surface area contributed by atoms with Gasteiger partial charge in [-0.05, 0) is 44.2 Å². The van der Waals surface area contributed by atoms with Crippen LogP contribution in [0.1, 0.15) is 30.9 Å². The molecule has 0 bridgehead atoms. The number of benzene rings is 1. The molecule has 1 aliphatic rings. The first-order chi connectivity index (χ1) is 7.66. The van der Waals surface area contributed by atoms with E-state index in [1.54, 1.807) is 6.07 Å². The van der Waals surface area contributed by atoms with Crippen LogP contribution in [0.5, 0.6) is 5.75 Å². The lowest BCUT2D eigenvalue weighted by Crippen LogP contribution is -2.21. The van der Waals surface area contributed by atoms with Crippen molar-refractivity contribution in [3.8, 4) is 5.75 Å². The Morgan fingerprint density at radius 1 is 1.44 bits per heavy atom. The van der Waals surface area contributed by atoms with Crippen LogP contribution in [-0.4, -0.2) is 11.7 Å². The lowest BCUT2D eigenvalue weighted by molar-refractivity contribution is 0.444. The summed E-state index contributed by atoms with van der Waals surface area (Å²) < 4.78 is 0. The summed E-state index contributed by atoms with van der Waals surface area (Å²) in [4.78, 5) is 0. The van der Waals surface area contributed by atoms with Gasteiger partial charge in [0.15, 0.2) is 0 Å². The van der Waals surface area contributed by atoms with E-state index in [1.807, 2.05) is 12.1 Å². The molecule has 16 heavy (non-hydrogen) atoms. The summed E-state index contributed by atoms with van der Waals surface area (Å²) in [5, 5.41) is 13.1. The lowest BCUT2D eigenvalue weighted by atomic mass is 10.1. The molecule has 0 aromatic heterocycles. The SMILES string of the molecule is Cc1ccc(O)c(CNCC(C)C2CC2)c1. The van der Waals surface area contributed by atoms with Gasteiger partial charge in [0, 0.05) is 12.1 Å². The van der Waals surface area contributed by atoms with Crippen molar-refractivity contribution in [1.29, 1.82) is 0 Å². The van der Waals surface area contributed by atoms with E-state index in [-0.39, 0.29) is 0 Å². The van der Waals surface area contributed by atoms with Crippen molar-refractivity contribution in [1.82, 2.24) is 5.32 Å². The molecule has 1 fully saturated rings. The molecule has 0 amide bonds. The topological polar surface area (TPSA) is 32.3 Å². The van der Waals surface area contributed by atoms with Crippen molar-refractivity contribution < 1.29 is 5.11 Å². The second-order valence-corrected chi connectivity index (χ2v) is 5.08. The Balaban J connectivity index is 1.81. The zero-order valence-electron chi connectivity index (χ0n) is 10.2. The molecule has 1 aromatic carbocycles. The Morgan fingerprint density at radius 2 is 2.19 bits per heavy atom. The Bertz CT molecular complexity index is 358. The summed E-state index contributed by atoms with van der Waals surface area (Å²) in [6.07, 6.45) is 2.80. The van der Waals surface area contributed by atoms with Crippen LogP contribution in [-0.2, 0) is 6.54 Å². The Labute approximate surface area is 97.7 Å². The molecule has 0 spiro atoms. The highest BCUT2D eigenvalue weighted by atomic mass is 16.3. The highest BCUT2D eigenvalue weighted by Crippen LogP contribution is 2.36. The van der Waals surface area contributed by atoms with E-state index in [9.17, 15) is 5.11 Å². The molecule has 0 aliphatic heterocycles. The predicted molar refractivity (Wildman–Crippen MR) is 66.4 cm³/mol. The van der Waals surface area contributed by atoms with Crippen LogP contribution in [0.4, 0.5) is 0 Å². The first-order valence-corrected chi connectivity index (χ1v) is 6.16. The number of aromatic hydroxyl groups is 1. The minimum absolute atomic E-state index is 0.400.